The van der Waals surface area contributed by atoms with Crippen LogP contribution in [0.1, 0.15) is 18.4 Å². The second-order valence-electron chi connectivity index (χ2n) is 4.39. The maximum absolute atomic E-state index is 13.0. The molecule has 0 spiro atoms. The van der Waals surface area contributed by atoms with Gasteiger partial charge in [0.15, 0.2) is 0 Å². The number of aliphatic hydroxyl groups excluding tert-OH is 1. The number of nitrogens with zero attached hydrogens (tertiary/aromatic N) is 2. The molecule has 1 aliphatic rings. The van der Waals surface area contributed by atoms with Gasteiger partial charge in [-0.15, -0.1) is 0 Å². The highest BCUT2D eigenvalue weighted by atomic mass is 19.1. The first kappa shape index (κ1) is 11.9. The van der Waals surface area contributed by atoms with Crippen molar-refractivity contribution in [3.63, 3.8) is 0 Å². The Morgan fingerprint density at radius 1 is 1.41 bits per heavy atom. The summed E-state index contributed by atoms with van der Waals surface area (Å²) in [6.07, 6.45) is 1.83. The summed E-state index contributed by atoms with van der Waals surface area (Å²) in [6.45, 7) is 1.85. The number of anilines is 1. The minimum atomic E-state index is -0.379. The van der Waals surface area contributed by atoms with E-state index in [9.17, 15) is 4.39 Å². The average Bonchev–Trinajstić information content (AvgIpc) is 2.39. The first-order chi connectivity index (χ1) is 8.24. The summed E-state index contributed by atoms with van der Waals surface area (Å²) < 4.78 is 13.0. The van der Waals surface area contributed by atoms with E-state index in [-0.39, 0.29) is 12.4 Å². The normalized spacial score (nSPS) is 16.9. The summed E-state index contributed by atoms with van der Waals surface area (Å²) in [5, 5.41) is 18.1. The molecule has 0 radical (unpaired) electrons. The van der Waals surface area contributed by atoms with Crippen LogP contribution >= 0.6 is 0 Å². The Kier molecular flexibility index (Phi) is 3.60. The average molecular weight is 234 g/mol. The molecule has 1 saturated heterocycles. The van der Waals surface area contributed by atoms with Gasteiger partial charge in [-0.1, -0.05) is 0 Å². The lowest BCUT2D eigenvalue weighted by molar-refractivity contribution is 0.203. The molecule has 4 heteroatoms. The van der Waals surface area contributed by atoms with Crippen molar-refractivity contribution in [2.75, 3.05) is 24.6 Å². The molecule has 1 aromatic rings. The van der Waals surface area contributed by atoms with Gasteiger partial charge in [0, 0.05) is 19.7 Å². The first-order valence-corrected chi connectivity index (χ1v) is 5.80. The molecule has 0 bridgehead atoms. The number of halogens is 1. The van der Waals surface area contributed by atoms with Gasteiger partial charge in [-0.2, -0.15) is 5.26 Å². The van der Waals surface area contributed by atoms with Crippen LogP contribution in [0.5, 0.6) is 0 Å². The van der Waals surface area contributed by atoms with Crippen molar-refractivity contribution in [3.05, 3.63) is 29.6 Å². The molecule has 1 heterocycles. The second kappa shape index (κ2) is 5.15. The Morgan fingerprint density at radius 2 is 2.12 bits per heavy atom. The molecule has 90 valence electrons. The van der Waals surface area contributed by atoms with Gasteiger partial charge in [-0.25, -0.2) is 4.39 Å². The van der Waals surface area contributed by atoms with Crippen LogP contribution in [-0.4, -0.2) is 24.8 Å². The summed E-state index contributed by atoms with van der Waals surface area (Å²) in [4.78, 5) is 2.09. The van der Waals surface area contributed by atoms with Crippen LogP contribution in [0, 0.1) is 23.1 Å². The number of hydrogen-bond acceptors (Lipinski definition) is 3. The lowest BCUT2D eigenvalue weighted by atomic mass is 9.97. The van der Waals surface area contributed by atoms with E-state index in [2.05, 4.69) is 4.90 Å². The Balaban J connectivity index is 2.16. The Labute approximate surface area is 100 Å². The number of benzene rings is 1. The molecule has 1 fully saturated rings. The van der Waals surface area contributed by atoms with E-state index < -0.39 is 0 Å². The van der Waals surface area contributed by atoms with Crippen molar-refractivity contribution < 1.29 is 9.50 Å². The molecule has 3 nitrogen and oxygen atoms in total. The Hall–Kier alpha value is -1.60. The molecule has 1 aromatic carbocycles. The molecule has 0 amide bonds. The van der Waals surface area contributed by atoms with Gasteiger partial charge in [0.1, 0.15) is 11.9 Å². The van der Waals surface area contributed by atoms with E-state index >= 15 is 0 Å². The largest absolute Gasteiger partial charge is 0.396 e. The molecule has 0 saturated carbocycles. The van der Waals surface area contributed by atoms with E-state index in [1.54, 1.807) is 6.07 Å². The van der Waals surface area contributed by atoms with Gasteiger partial charge in [-0.05, 0) is 37.0 Å². The van der Waals surface area contributed by atoms with Crippen molar-refractivity contribution in [2.24, 2.45) is 5.92 Å². The van der Waals surface area contributed by atoms with E-state index in [1.807, 2.05) is 6.07 Å². The highest BCUT2D eigenvalue weighted by Crippen LogP contribution is 2.26. The summed E-state index contributed by atoms with van der Waals surface area (Å²) in [5.41, 5.74) is 1.18. The third-order valence-electron chi connectivity index (χ3n) is 3.29. The smallest absolute Gasteiger partial charge is 0.124 e. The lowest BCUT2D eigenvalue weighted by Gasteiger charge is -2.33. The number of piperidine rings is 1. The van der Waals surface area contributed by atoms with Crippen molar-refractivity contribution >= 4 is 5.69 Å². The van der Waals surface area contributed by atoms with Gasteiger partial charge in [-0.3, -0.25) is 0 Å². The monoisotopic (exact) mass is 234 g/mol. The first-order valence-electron chi connectivity index (χ1n) is 5.80. The second-order valence-corrected chi connectivity index (χ2v) is 4.39. The number of aliphatic hydroxyl groups is 1. The molecule has 1 aliphatic heterocycles. The lowest BCUT2D eigenvalue weighted by Crippen LogP contribution is -2.35. The fourth-order valence-corrected chi connectivity index (χ4v) is 2.23. The van der Waals surface area contributed by atoms with Crippen LogP contribution in [0.4, 0.5) is 10.1 Å². The van der Waals surface area contributed by atoms with Crippen LogP contribution in [0.25, 0.3) is 0 Å². The maximum atomic E-state index is 13.0. The third-order valence-corrected chi connectivity index (χ3v) is 3.29. The number of hydrogen-bond donors (Lipinski definition) is 1. The maximum Gasteiger partial charge on any atom is 0.124 e. The zero-order chi connectivity index (χ0) is 12.3. The molecule has 0 aliphatic carbocycles. The highest BCUT2D eigenvalue weighted by molar-refractivity contribution is 5.59. The predicted molar refractivity (Wildman–Crippen MR) is 63.1 cm³/mol. The van der Waals surface area contributed by atoms with Gasteiger partial charge in [0.25, 0.3) is 0 Å². The van der Waals surface area contributed by atoms with Crippen LogP contribution < -0.4 is 4.90 Å². The van der Waals surface area contributed by atoms with Crippen molar-refractivity contribution in [1.29, 1.82) is 5.26 Å². The standard InChI is InChI=1S/C13H15FN2O/c14-12-1-2-13(11(7-12)8-15)16-5-3-10(9-17)4-6-16/h1-2,7,10,17H,3-6,9H2. The molecular weight excluding hydrogens is 219 g/mol. The summed E-state index contributed by atoms with van der Waals surface area (Å²) >= 11 is 0. The topological polar surface area (TPSA) is 47.3 Å². The molecule has 0 aromatic heterocycles. The number of rotatable bonds is 2. The molecule has 0 unspecified atom stereocenters. The Morgan fingerprint density at radius 3 is 2.71 bits per heavy atom. The molecular formula is C13H15FN2O. The molecule has 2 rings (SSSR count). The van der Waals surface area contributed by atoms with E-state index in [1.165, 1.54) is 12.1 Å². The van der Waals surface area contributed by atoms with Gasteiger partial charge < -0.3 is 10.0 Å². The fraction of sp³-hybridized carbons (Fsp3) is 0.462. The molecule has 17 heavy (non-hydrogen) atoms. The zero-order valence-corrected chi connectivity index (χ0v) is 9.56. The van der Waals surface area contributed by atoms with Gasteiger partial charge in [0.05, 0.1) is 11.3 Å². The SMILES string of the molecule is N#Cc1cc(F)ccc1N1CCC(CO)CC1. The molecule has 1 N–H and O–H groups in total. The minimum Gasteiger partial charge on any atom is -0.396 e. The highest BCUT2D eigenvalue weighted by Gasteiger charge is 2.20. The van der Waals surface area contributed by atoms with Crippen LogP contribution in [0.3, 0.4) is 0 Å². The molecule has 0 atom stereocenters. The van der Waals surface area contributed by atoms with E-state index in [0.717, 1.165) is 31.6 Å². The summed E-state index contributed by atoms with van der Waals surface area (Å²) in [6, 6.07) is 6.34. The zero-order valence-electron chi connectivity index (χ0n) is 9.56. The van der Waals surface area contributed by atoms with E-state index in [4.69, 9.17) is 10.4 Å². The van der Waals surface area contributed by atoms with Crippen molar-refractivity contribution in [1.82, 2.24) is 0 Å². The van der Waals surface area contributed by atoms with Crippen LogP contribution in [0.15, 0.2) is 18.2 Å². The number of nitriles is 1. The van der Waals surface area contributed by atoms with Gasteiger partial charge >= 0.3 is 0 Å². The summed E-state index contributed by atoms with van der Waals surface area (Å²) in [5.74, 6) is -0.0206. The minimum absolute atomic E-state index is 0.225. The predicted octanol–water partition coefficient (Wildman–Crippen LogP) is 1.91. The van der Waals surface area contributed by atoms with E-state index in [0.29, 0.717) is 11.5 Å². The van der Waals surface area contributed by atoms with Gasteiger partial charge in [0.2, 0.25) is 0 Å². The Bertz CT molecular complexity index is 434. The quantitative estimate of drug-likeness (QED) is 0.850. The van der Waals surface area contributed by atoms with Crippen molar-refractivity contribution in [2.45, 2.75) is 12.8 Å². The third kappa shape index (κ3) is 2.56. The van der Waals surface area contributed by atoms with Crippen LogP contribution in [0.2, 0.25) is 0 Å². The fourth-order valence-electron chi connectivity index (χ4n) is 2.23. The van der Waals surface area contributed by atoms with Crippen LogP contribution in [-0.2, 0) is 0 Å². The van der Waals surface area contributed by atoms with Crippen molar-refractivity contribution in [3.8, 4) is 6.07 Å². The summed E-state index contributed by atoms with van der Waals surface area (Å²) in [7, 11) is 0.